The minimum atomic E-state index is -0.519. The number of Topliss-reactive ketones (excluding diaryl/α,β-unsaturated/α-hetero) is 1. The number of rotatable bonds is 5. The lowest BCUT2D eigenvalue weighted by molar-refractivity contribution is -0.117. The van der Waals surface area contributed by atoms with Crippen LogP contribution in [0.2, 0.25) is 0 Å². The average molecular weight is 241 g/mol. The Labute approximate surface area is 98.1 Å². The molecule has 0 aliphatic rings. The van der Waals surface area contributed by atoms with E-state index in [1.165, 1.54) is 13.1 Å². The van der Waals surface area contributed by atoms with Gasteiger partial charge in [0.1, 0.15) is 0 Å². The Morgan fingerprint density at radius 1 is 1.62 bits per heavy atom. The number of carbonyl (C=O) groups excluding carboxylic acids is 2. The highest BCUT2D eigenvalue weighted by atomic mass is 32.1. The zero-order chi connectivity index (χ0) is 12.1. The van der Waals surface area contributed by atoms with Crippen molar-refractivity contribution >= 4 is 28.2 Å². The van der Waals surface area contributed by atoms with Crippen LogP contribution < -0.4 is 11.1 Å². The first-order chi connectivity index (χ1) is 7.54. The normalized spacial score (nSPS) is 12.2. The number of thiazole rings is 1. The molecular weight excluding hydrogens is 226 g/mol. The third-order valence-electron chi connectivity index (χ3n) is 2.02. The Balaban J connectivity index is 2.59. The molecule has 88 valence electrons. The van der Waals surface area contributed by atoms with Crippen LogP contribution in [-0.4, -0.2) is 22.7 Å². The molecule has 1 aromatic heterocycles. The van der Waals surface area contributed by atoms with Crippen LogP contribution in [0.3, 0.4) is 0 Å². The fraction of sp³-hybridized carbons (Fsp3) is 0.500. The van der Waals surface area contributed by atoms with Gasteiger partial charge in [-0.1, -0.05) is 24.7 Å². The highest BCUT2D eigenvalue weighted by molar-refractivity contribution is 7.17. The molecule has 0 aromatic carbocycles. The standard InChI is InChI=1S/C10H15N3O2S/c1-3-4-7(11)9(15)13-10-12-5-8(16-10)6(2)14/h5,7H,3-4,11H2,1-2H3,(H,12,13,15). The second kappa shape index (κ2) is 5.72. The molecule has 1 amide bonds. The lowest BCUT2D eigenvalue weighted by atomic mass is 10.2. The van der Waals surface area contributed by atoms with E-state index >= 15 is 0 Å². The summed E-state index contributed by atoms with van der Waals surface area (Å²) in [4.78, 5) is 27.0. The van der Waals surface area contributed by atoms with E-state index in [9.17, 15) is 9.59 Å². The van der Waals surface area contributed by atoms with Crippen LogP contribution in [-0.2, 0) is 4.79 Å². The first kappa shape index (κ1) is 12.8. The summed E-state index contributed by atoms with van der Waals surface area (Å²) in [6, 6.07) is -0.519. The highest BCUT2D eigenvalue weighted by Gasteiger charge is 2.14. The Kier molecular flexibility index (Phi) is 4.57. The fourth-order valence-electron chi connectivity index (χ4n) is 1.13. The summed E-state index contributed by atoms with van der Waals surface area (Å²) in [5.41, 5.74) is 5.64. The van der Waals surface area contributed by atoms with Crippen molar-refractivity contribution in [3.05, 3.63) is 11.1 Å². The SMILES string of the molecule is CCCC(N)C(=O)Nc1ncc(C(C)=O)s1. The van der Waals surface area contributed by atoms with Crippen molar-refractivity contribution in [2.75, 3.05) is 5.32 Å². The fourth-order valence-corrected chi connectivity index (χ4v) is 1.85. The van der Waals surface area contributed by atoms with Crippen molar-refractivity contribution in [3.63, 3.8) is 0 Å². The maximum Gasteiger partial charge on any atom is 0.243 e. The van der Waals surface area contributed by atoms with Gasteiger partial charge in [-0.2, -0.15) is 0 Å². The number of nitrogens with zero attached hydrogens (tertiary/aromatic N) is 1. The number of hydrogen-bond donors (Lipinski definition) is 2. The molecule has 1 rings (SSSR count). The van der Waals surface area contributed by atoms with Gasteiger partial charge in [-0.25, -0.2) is 4.98 Å². The molecule has 0 spiro atoms. The van der Waals surface area contributed by atoms with Crippen LogP contribution in [0.25, 0.3) is 0 Å². The number of hydrogen-bond acceptors (Lipinski definition) is 5. The maximum atomic E-state index is 11.5. The molecule has 3 N–H and O–H groups in total. The second-order valence-corrected chi connectivity index (χ2v) is 4.50. The quantitative estimate of drug-likeness (QED) is 0.763. The third-order valence-corrected chi connectivity index (χ3v) is 3.03. The summed E-state index contributed by atoms with van der Waals surface area (Å²) < 4.78 is 0. The van der Waals surface area contributed by atoms with E-state index < -0.39 is 6.04 Å². The summed E-state index contributed by atoms with van der Waals surface area (Å²) in [7, 11) is 0. The number of nitrogens with two attached hydrogens (primary N) is 1. The predicted octanol–water partition coefficient (Wildman–Crippen LogP) is 1.41. The maximum absolute atomic E-state index is 11.5. The van der Waals surface area contributed by atoms with Gasteiger partial charge < -0.3 is 11.1 Å². The van der Waals surface area contributed by atoms with Crippen LogP contribution in [0.15, 0.2) is 6.20 Å². The largest absolute Gasteiger partial charge is 0.320 e. The van der Waals surface area contributed by atoms with Crippen molar-refractivity contribution in [2.24, 2.45) is 5.73 Å². The molecule has 1 atom stereocenters. The van der Waals surface area contributed by atoms with E-state index in [1.807, 2.05) is 6.92 Å². The first-order valence-electron chi connectivity index (χ1n) is 5.07. The molecule has 0 saturated carbocycles. The monoisotopic (exact) mass is 241 g/mol. The van der Waals surface area contributed by atoms with Crippen LogP contribution in [0.4, 0.5) is 5.13 Å². The molecule has 1 aromatic rings. The number of aromatic nitrogens is 1. The number of anilines is 1. The van der Waals surface area contributed by atoms with Gasteiger partial charge in [0.25, 0.3) is 0 Å². The van der Waals surface area contributed by atoms with Crippen molar-refractivity contribution in [1.29, 1.82) is 0 Å². The van der Waals surface area contributed by atoms with Gasteiger partial charge in [-0.3, -0.25) is 9.59 Å². The summed E-state index contributed by atoms with van der Waals surface area (Å²) >= 11 is 1.16. The number of nitrogens with one attached hydrogen (secondary N) is 1. The van der Waals surface area contributed by atoms with Gasteiger partial charge in [-0.05, 0) is 6.42 Å². The second-order valence-electron chi connectivity index (χ2n) is 3.47. The first-order valence-corrected chi connectivity index (χ1v) is 5.89. The van der Waals surface area contributed by atoms with Crippen molar-refractivity contribution < 1.29 is 9.59 Å². The van der Waals surface area contributed by atoms with E-state index in [-0.39, 0.29) is 11.7 Å². The molecule has 6 heteroatoms. The van der Waals surface area contributed by atoms with Crippen molar-refractivity contribution in [2.45, 2.75) is 32.7 Å². The van der Waals surface area contributed by atoms with Gasteiger partial charge in [0.2, 0.25) is 5.91 Å². The minimum absolute atomic E-state index is 0.0594. The summed E-state index contributed by atoms with van der Waals surface area (Å²) in [5, 5.41) is 3.01. The Bertz CT molecular complexity index is 389. The third kappa shape index (κ3) is 3.39. The molecule has 1 heterocycles. The molecule has 16 heavy (non-hydrogen) atoms. The topological polar surface area (TPSA) is 85.1 Å². The average Bonchev–Trinajstić information content (AvgIpc) is 2.66. The van der Waals surface area contributed by atoms with Gasteiger partial charge >= 0.3 is 0 Å². The van der Waals surface area contributed by atoms with Gasteiger partial charge in [0.15, 0.2) is 10.9 Å². The van der Waals surface area contributed by atoms with E-state index in [4.69, 9.17) is 5.73 Å². The highest BCUT2D eigenvalue weighted by Crippen LogP contribution is 2.18. The zero-order valence-corrected chi connectivity index (χ0v) is 10.1. The molecule has 0 bridgehead atoms. The van der Waals surface area contributed by atoms with Crippen molar-refractivity contribution in [1.82, 2.24) is 4.98 Å². The zero-order valence-electron chi connectivity index (χ0n) is 9.32. The van der Waals surface area contributed by atoms with Gasteiger partial charge in [0.05, 0.1) is 17.1 Å². The van der Waals surface area contributed by atoms with Crippen LogP contribution in [0.1, 0.15) is 36.4 Å². The molecule has 0 aliphatic heterocycles. The molecule has 5 nitrogen and oxygen atoms in total. The molecule has 0 fully saturated rings. The summed E-state index contributed by atoms with van der Waals surface area (Å²) in [6.45, 7) is 3.42. The molecule has 0 radical (unpaired) electrons. The summed E-state index contributed by atoms with van der Waals surface area (Å²) in [5.74, 6) is -0.317. The number of amides is 1. The minimum Gasteiger partial charge on any atom is -0.320 e. The van der Waals surface area contributed by atoms with Gasteiger partial charge in [-0.15, -0.1) is 0 Å². The van der Waals surface area contributed by atoms with Gasteiger partial charge in [0, 0.05) is 6.92 Å². The Morgan fingerprint density at radius 2 is 2.31 bits per heavy atom. The summed E-state index contributed by atoms with van der Waals surface area (Å²) in [6.07, 6.45) is 2.94. The van der Waals surface area contributed by atoms with E-state index in [1.54, 1.807) is 0 Å². The lowest BCUT2D eigenvalue weighted by Crippen LogP contribution is -2.35. The molecular formula is C10H15N3O2S. The molecule has 0 saturated heterocycles. The van der Waals surface area contributed by atoms with E-state index in [0.29, 0.717) is 16.4 Å². The smallest absolute Gasteiger partial charge is 0.243 e. The van der Waals surface area contributed by atoms with Crippen molar-refractivity contribution in [3.8, 4) is 0 Å². The molecule has 0 aliphatic carbocycles. The Morgan fingerprint density at radius 3 is 2.81 bits per heavy atom. The van der Waals surface area contributed by atoms with E-state index in [0.717, 1.165) is 17.8 Å². The van der Waals surface area contributed by atoms with Crippen LogP contribution in [0, 0.1) is 0 Å². The molecule has 1 unspecified atom stereocenters. The lowest BCUT2D eigenvalue weighted by Gasteiger charge is -2.08. The number of ketones is 1. The van der Waals surface area contributed by atoms with E-state index in [2.05, 4.69) is 10.3 Å². The predicted molar refractivity (Wildman–Crippen MR) is 63.6 cm³/mol. The van der Waals surface area contributed by atoms with Crippen LogP contribution in [0.5, 0.6) is 0 Å². The number of carbonyl (C=O) groups is 2. The van der Waals surface area contributed by atoms with Crippen LogP contribution >= 0.6 is 11.3 Å². The Hall–Kier alpha value is -1.27.